The lowest BCUT2D eigenvalue weighted by atomic mass is 9.85. The van der Waals surface area contributed by atoms with E-state index in [2.05, 4.69) is 12.2 Å². The Kier molecular flexibility index (Phi) is 1.77. The molecular weight excluding hydrogens is 194 g/mol. The molecule has 1 aliphatic heterocycles. The molecule has 1 saturated heterocycles. The lowest BCUT2D eigenvalue weighted by Crippen LogP contribution is -2.35. The van der Waals surface area contributed by atoms with E-state index >= 15 is 0 Å². The van der Waals surface area contributed by atoms with E-state index in [4.69, 9.17) is 5.11 Å². The van der Waals surface area contributed by atoms with Gasteiger partial charge in [0, 0.05) is 0 Å². The fourth-order valence-electron chi connectivity index (χ4n) is 3.28. The van der Waals surface area contributed by atoms with Crippen molar-refractivity contribution in [3.8, 4) is 0 Å². The predicted molar refractivity (Wildman–Crippen MR) is 51.5 cm³/mol. The first-order chi connectivity index (χ1) is 7.24. The van der Waals surface area contributed by atoms with Crippen molar-refractivity contribution in [1.29, 1.82) is 0 Å². The summed E-state index contributed by atoms with van der Waals surface area (Å²) >= 11 is 0. The Hall–Kier alpha value is -1.16. The third-order valence-corrected chi connectivity index (χ3v) is 3.89. The maximum absolute atomic E-state index is 11.9. The van der Waals surface area contributed by atoms with E-state index < -0.39 is 0 Å². The smallest absolute Gasteiger partial charge is 0.233 e. The van der Waals surface area contributed by atoms with Gasteiger partial charge in [0.15, 0.2) is 0 Å². The summed E-state index contributed by atoms with van der Waals surface area (Å²) in [6.07, 6.45) is 5.10. The summed E-state index contributed by atoms with van der Waals surface area (Å²) in [6, 6.07) is 0. The maximum Gasteiger partial charge on any atom is 0.233 e. The first-order valence-electron chi connectivity index (χ1n) is 5.38. The SMILES string of the molecule is O=C1C2C(C(=O)N1CCO)[C@H]1C=C[C@@H]2C1. The second-order valence-electron chi connectivity index (χ2n) is 4.55. The molecule has 0 spiro atoms. The summed E-state index contributed by atoms with van der Waals surface area (Å²) in [5.41, 5.74) is 0. The van der Waals surface area contributed by atoms with E-state index in [0.29, 0.717) is 0 Å². The number of nitrogens with zero attached hydrogens (tertiary/aromatic N) is 1. The lowest BCUT2D eigenvalue weighted by Gasteiger charge is -2.15. The van der Waals surface area contributed by atoms with Gasteiger partial charge in [0.25, 0.3) is 0 Å². The molecule has 2 amide bonds. The number of likely N-dealkylation sites (tertiary alicyclic amines) is 1. The Labute approximate surface area is 87.6 Å². The number of aliphatic hydroxyl groups is 1. The van der Waals surface area contributed by atoms with Crippen LogP contribution in [0, 0.1) is 23.7 Å². The van der Waals surface area contributed by atoms with Crippen molar-refractivity contribution >= 4 is 11.8 Å². The van der Waals surface area contributed by atoms with Gasteiger partial charge in [-0.1, -0.05) is 12.2 Å². The van der Waals surface area contributed by atoms with Gasteiger partial charge in [-0.2, -0.15) is 0 Å². The summed E-state index contributed by atoms with van der Waals surface area (Å²) in [4.78, 5) is 25.1. The Morgan fingerprint density at radius 2 is 1.73 bits per heavy atom. The molecule has 4 nitrogen and oxygen atoms in total. The van der Waals surface area contributed by atoms with Gasteiger partial charge in [-0.25, -0.2) is 0 Å². The number of imide groups is 1. The van der Waals surface area contributed by atoms with Crippen LogP contribution in [-0.4, -0.2) is 35.0 Å². The van der Waals surface area contributed by atoms with Gasteiger partial charge in [0.2, 0.25) is 11.8 Å². The van der Waals surface area contributed by atoms with Crippen LogP contribution < -0.4 is 0 Å². The van der Waals surface area contributed by atoms with E-state index in [0.717, 1.165) is 6.42 Å². The molecular formula is C11H13NO3. The van der Waals surface area contributed by atoms with Crippen LogP contribution >= 0.6 is 0 Å². The number of allylic oxidation sites excluding steroid dienone is 2. The fraction of sp³-hybridized carbons (Fsp3) is 0.636. The van der Waals surface area contributed by atoms with Gasteiger partial charge in [0.05, 0.1) is 25.0 Å². The highest BCUT2D eigenvalue weighted by Gasteiger charge is 2.58. The molecule has 2 bridgehead atoms. The number of aliphatic hydroxyl groups excluding tert-OH is 1. The minimum absolute atomic E-state index is 0.0732. The van der Waals surface area contributed by atoms with Crippen molar-refractivity contribution in [2.75, 3.05) is 13.2 Å². The Bertz CT molecular complexity index is 333. The highest BCUT2D eigenvalue weighted by atomic mass is 16.3. The summed E-state index contributed by atoms with van der Waals surface area (Å²) in [5, 5.41) is 8.81. The zero-order valence-corrected chi connectivity index (χ0v) is 8.30. The molecule has 0 aromatic carbocycles. The van der Waals surface area contributed by atoms with Gasteiger partial charge in [-0.05, 0) is 18.3 Å². The van der Waals surface area contributed by atoms with Crippen LogP contribution in [0.2, 0.25) is 0 Å². The van der Waals surface area contributed by atoms with Crippen molar-refractivity contribution in [2.45, 2.75) is 6.42 Å². The fourth-order valence-corrected chi connectivity index (χ4v) is 3.28. The molecule has 0 aromatic rings. The Balaban J connectivity index is 1.93. The van der Waals surface area contributed by atoms with Crippen LogP contribution in [0.1, 0.15) is 6.42 Å². The summed E-state index contributed by atoms with van der Waals surface area (Å²) in [6.45, 7) is 0.0176. The minimum Gasteiger partial charge on any atom is -0.395 e. The number of carbonyl (C=O) groups is 2. The standard InChI is InChI=1S/C11H13NO3/c13-4-3-12-10(14)8-6-1-2-7(5-6)9(8)11(12)15/h1-2,6-9,13H,3-5H2/t6-,7+,8?,9?. The zero-order valence-electron chi connectivity index (χ0n) is 8.30. The molecule has 4 atom stereocenters. The van der Waals surface area contributed by atoms with E-state index in [9.17, 15) is 9.59 Å². The van der Waals surface area contributed by atoms with E-state index in [1.807, 2.05) is 0 Å². The molecule has 0 radical (unpaired) electrons. The quantitative estimate of drug-likeness (QED) is 0.503. The minimum atomic E-state index is -0.139. The van der Waals surface area contributed by atoms with Crippen LogP contribution in [0.15, 0.2) is 12.2 Å². The van der Waals surface area contributed by atoms with Gasteiger partial charge in [-0.3, -0.25) is 14.5 Å². The number of fused-ring (bicyclic) bond motifs is 5. The van der Waals surface area contributed by atoms with Crippen LogP contribution in [-0.2, 0) is 9.59 Å². The van der Waals surface area contributed by atoms with Crippen molar-refractivity contribution in [1.82, 2.24) is 4.90 Å². The van der Waals surface area contributed by atoms with Crippen molar-refractivity contribution in [2.24, 2.45) is 23.7 Å². The number of hydrogen-bond donors (Lipinski definition) is 1. The van der Waals surface area contributed by atoms with Crippen molar-refractivity contribution < 1.29 is 14.7 Å². The monoisotopic (exact) mass is 207 g/mol. The van der Waals surface area contributed by atoms with Gasteiger partial charge < -0.3 is 5.11 Å². The van der Waals surface area contributed by atoms with E-state index in [1.54, 1.807) is 0 Å². The van der Waals surface area contributed by atoms with E-state index in [-0.39, 0.29) is 48.6 Å². The second-order valence-corrected chi connectivity index (χ2v) is 4.55. The number of β-amino-alcohol motifs (C(OH)–C–C–N with tert-alkyl or cyclic N) is 1. The van der Waals surface area contributed by atoms with Gasteiger partial charge in [-0.15, -0.1) is 0 Å². The molecule has 0 aromatic heterocycles. The van der Waals surface area contributed by atoms with E-state index in [1.165, 1.54) is 4.90 Å². The van der Waals surface area contributed by atoms with Crippen molar-refractivity contribution in [3.63, 3.8) is 0 Å². The predicted octanol–water partition coefficient (Wildman–Crippen LogP) is -0.214. The lowest BCUT2D eigenvalue weighted by molar-refractivity contribution is -0.141. The van der Waals surface area contributed by atoms with Gasteiger partial charge >= 0.3 is 0 Å². The first-order valence-corrected chi connectivity index (χ1v) is 5.38. The molecule has 2 aliphatic carbocycles. The largest absolute Gasteiger partial charge is 0.395 e. The first kappa shape index (κ1) is 9.09. The molecule has 1 N–H and O–H groups in total. The van der Waals surface area contributed by atoms with Crippen LogP contribution in [0.5, 0.6) is 0 Å². The molecule has 2 fully saturated rings. The maximum atomic E-state index is 11.9. The third kappa shape index (κ3) is 1.00. The molecule has 4 heteroatoms. The van der Waals surface area contributed by atoms with Crippen LogP contribution in [0.25, 0.3) is 0 Å². The highest BCUT2D eigenvalue weighted by molar-refractivity contribution is 6.06. The third-order valence-electron chi connectivity index (χ3n) is 3.89. The summed E-state index contributed by atoms with van der Waals surface area (Å²) < 4.78 is 0. The van der Waals surface area contributed by atoms with Gasteiger partial charge in [0.1, 0.15) is 0 Å². The molecule has 80 valence electrons. The summed E-state index contributed by atoms with van der Waals surface area (Å²) in [5.74, 6) is 0.130. The number of amides is 2. The summed E-state index contributed by atoms with van der Waals surface area (Å²) in [7, 11) is 0. The van der Waals surface area contributed by atoms with Crippen LogP contribution in [0.3, 0.4) is 0 Å². The number of hydrogen-bond acceptors (Lipinski definition) is 3. The normalized spacial score (nSPS) is 41.8. The average Bonchev–Trinajstić information content (AvgIpc) is 2.87. The Morgan fingerprint density at radius 3 is 2.20 bits per heavy atom. The molecule has 1 heterocycles. The zero-order chi connectivity index (χ0) is 10.6. The Morgan fingerprint density at radius 1 is 1.20 bits per heavy atom. The topological polar surface area (TPSA) is 57.6 Å². The number of rotatable bonds is 2. The highest BCUT2D eigenvalue weighted by Crippen LogP contribution is 2.52. The molecule has 3 rings (SSSR count). The average molecular weight is 207 g/mol. The second kappa shape index (κ2) is 2.92. The molecule has 1 saturated carbocycles. The molecule has 15 heavy (non-hydrogen) atoms. The van der Waals surface area contributed by atoms with Crippen LogP contribution in [0.4, 0.5) is 0 Å². The van der Waals surface area contributed by atoms with Crippen molar-refractivity contribution in [3.05, 3.63) is 12.2 Å². The molecule has 2 unspecified atom stereocenters. The number of carbonyl (C=O) groups excluding carboxylic acids is 2. The molecule has 3 aliphatic rings.